The molecule has 56 heavy (non-hydrogen) atoms. The minimum Gasteiger partial charge on any atom is -0.490 e. The number of nitrogen functional groups attached to an aromatic ring is 1. The van der Waals surface area contributed by atoms with Crippen molar-refractivity contribution in [2.45, 2.75) is 90.9 Å². The van der Waals surface area contributed by atoms with Gasteiger partial charge in [-0.15, -0.1) is 0 Å². The molecule has 0 bridgehead atoms. The van der Waals surface area contributed by atoms with Gasteiger partial charge < -0.3 is 34.7 Å². The SMILES string of the molecule is Cc1cc(Oc2c(F)cccc2F)ncc1-n1ncc(C(=O)c2cc3cc(OC4CCN(C(C)C)CC4)c(C4CCN(C(=O)OC(C)(C)C)CC4)cc3[nH]2)c1N. The summed E-state index contributed by atoms with van der Waals surface area (Å²) in [6.45, 7) is 14.8. The molecular weight excluding hydrogens is 721 g/mol. The first-order chi connectivity index (χ1) is 26.6. The molecule has 296 valence electrons. The number of piperidine rings is 2. The third-order valence-electron chi connectivity index (χ3n) is 10.5. The van der Waals surface area contributed by atoms with Crippen molar-refractivity contribution in [1.29, 1.82) is 0 Å². The Bertz CT molecular complexity index is 2230. The van der Waals surface area contributed by atoms with Gasteiger partial charge in [0.15, 0.2) is 11.6 Å². The van der Waals surface area contributed by atoms with Crippen LogP contribution in [-0.2, 0) is 4.74 Å². The molecule has 0 radical (unpaired) electrons. The summed E-state index contributed by atoms with van der Waals surface area (Å²) in [6, 6.07) is 11.3. The lowest BCUT2D eigenvalue weighted by molar-refractivity contribution is 0.0204. The minimum absolute atomic E-state index is 0.0207. The molecule has 2 saturated heterocycles. The van der Waals surface area contributed by atoms with E-state index in [1.807, 2.05) is 26.8 Å². The Balaban J connectivity index is 1.13. The number of rotatable bonds is 9. The minimum atomic E-state index is -0.854. The summed E-state index contributed by atoms with van der Waals surface area (Å²) in [6.07, 6.45) is 5.91. The highest BCUT2D eigenvalue weighted by Gasteiger charge is 2.31. The number of pyridine rings is 1. The predicted octanol–water partition coefficient (Wildman–Crippen LogP) is 8.31. The van der Waals surface area contributed by atoms with Gasteiger partial charge in [0.25, 0.3) is 0 Å². The van der Waals surface area contributed by atoms with Gasteiger partial charge in [-0.05, 0) is 115 Å². The number of nitrogens with one attached hydrogen (secondary N) is 1. The van der Waals surface area contributed by atoms with Crippen molar-refractivity contribution in [3.63, 3.8) is 0 Å². The van der Waals surface area contributed by atoms with Crippen LogP contribution in [0.5, 0.6) is 17.4 Å². The molecule has 0 atom stereocenters. The quantitative estimate of drug-likeness (QED) is 0.142. The smallest absolute Gasteiger partial charge is 0.410 e. The standard InChI is InChI=1S/C42H49F2N7O5/c1-24(2)49-16-12-28(13-17-49)54-36-20-27-19-34(48-33(27)21-29(36)26-10-14-50(15-11-26)41(53)56-42(4,5)6)38(52)30-22-47-51(40(30)45)35-23-46-37(18-25(35)3)55-39-31(43)8-7-9-32(39)44/h7-9,18-24,26,28,48H,10-17,45H2,1-6H3. The van der Waals surface area contributed by atoms with Gasteiger partial charge in [0.2, 0.25) is 17.4 Å². The second-order valence-corrected chi connectivity index (χ2v) is 16.0. The van der Waals surface area contributed by atoms with E-state index in [1.54, 1.807) is 17.9 Å². The van der Waals surface area contributed by atoms with Gasteiger partial charge in [-0.3, -0.25) is 4.79 Å². The van der Waals surface area contributed by atoms with Crippen LogP contribution in [0.15, 0.2) is 54.9 Å². The molecule has 0 spiro atoms. The van der Waals surface area contributed by atoms with E-state index in [0.717, 1.165) is 73.1 Å². The Kier molecular flexibility index (Phi) is 10.8. The lowest BCUT2D eigenvalue weighted by Crippen LogP contribution is -2.42. The van der Waals surface area contributed by atoms with Crippen LogP contribution in [0.1, 0.15) is 93.4 Å². The second-order valence-electron chi connectivity index (χ2n) is 16.0. The van der Waals surface area contributed by atoms with Crippen LogP contribution in [0.2, 0.25) is 0 Å². The van der Waals surface area contributed by atoms with E-state index in [1.165, 1.54) is 29.2 Å². The molecule has 0 unspecified atom stereocenters. The summed E-state index contributed by atoms with van der Waals surface area (Å²) in [5.41, 5.74) is 9.38. The fourth-order valence-electron chi connectivity index (χ4n) is 7.46. The lowest BCUT2D eigenvalue weighted by Gasteiger charge is -2.36. The third kappa shape index (κ3) is 8.20. The molecule has 2 aromatic carbocycles. The van der Waals surface area contributed by atoms with Crippen LogP contribution in [0.3, 0.4) is 0 Å². The van der Waals surface area contributed by atoms with Gasteiger partial charge in [0.05, 0.1) is 29.3 Å². The number of halogens is 2. The number of fused-ring (bicyclic) bond motifs is 1. The summed E-state index contributed by atoms with van der Waals surface area (Å²) >= 11 is 0. The molecule has 1 amide bonds. The second kappa shape index (κ2) is 15.6. The van der Waals surface area contributed by atoms with Crippen LogP contribution >= 0.6 is 0 Å². The highest BCUT2D eigenvalue weighted by atomic mass is 19.1. The Morgan fingerprint density at radius 3 is 2.30 bits per heavy atom. The maximum Gasteiger partial charge on any atom is 0.410 e. The number of nitrogens with zero attached hydrogens (tertiary/aromatic N) is 5. The van der Waals surface area contributed by atoms with Gasteiger partial charge >= 0.3 is 6.09 Å². The first-order valence-electron chi connectivity index (χ1n) is 19.2. The number of aromatic amines is 1. The van der Waals surface area contributed by atoms with Crippen molar-refractivity contribution < 1.29 is 32.6 Å². The van der Waals surface area contributed by atoms with Crippen LogP contribution in [-0.4, -0.2) is 85.4 Å². The largest absolute Gasteiger partial charge is 0.490 e. The van der Waals surface area contributed by atoms with E-state index in [0.29, 0.717) is 36.1 Å². The molecule has 3 N–H and O–H groups in total. The number of likely N-dealkylation sites (tertiary alicyclic amines) is 2. The van der Waals surface area contributed by atoms with E-state index in [-0.39, 0.29) is 41.2 Å². The Morgan fingerprint density at radius 2 is 1.66 bits per heavy atom. The zero-order valence-corrected chi connectivity index (χ0v) is 32.7. The summed E-state index contributed by atoms with van der Waals surface area (Å²) in [5, 5.41) is 5.22. The highest BCUT2D eigenvalue weighted by molar-refractivity contribution is 6.12. The normalized spacial score (nSPS) is 16.1. The fraction of sp³-hybridized carbons (Fsp3) is 0.429. The number of para-hydroxylation sites is 1. The van der Waals surface area contributed by atoms with Crippen molar-refractivity contribution >= 4 is 28.6 Å². The first kappa shape index (κ1) is 38.8. The molecule has 2 aliphatic heterocycles. The number of nitrogens with two attached hydrogens (primary N) is 1. The van der Waals surface area contributed by atoms with Crippen LogP contribution in [0.4, 0.5) is 19.4 Å². The number of carbonyl (C=O) groups excluding carboxylic acids is 2. The van der Waals surface area contributed by atoms with E-state index >= 15 is 0 Å². The van der Waals surface area contributed by atoms with Crippen molar-refractivity contribution in [2.75, 3.05) is 31.9 Å². The Morgan fingerprint density at radius 1 is 0.964 bits per heavy atom. The number of hydrogen-bond donors (Lipinski definition) is 2. The zero-order chi connectivity index (χ0) is 39.9. The molecule has 5 heterocycles. The molecule has 0 aliphatic carbocycles. The summed E-state index contributed by atoms with van der Waals surface area (Å²) in [4.78, 5) is 38.6. The molecule has 14 heteroatoms. The monoisotopic (exact) mass is 769 g/mol. The van der Waals surface area contributed by atoms with Gasteiger partial charge in [-0.25, -0.2) is 23.2 Å². The summed E-state index contributed by atoms with van der Waals surface area (Å²) in [7, 11) is 0. The zero-order valence-electron chi connectivity index (χ0n) is 32.7. The summed E-state index contributed by atoms with van der Waals surface area (Å²) < 4.78 is 47.6. The molecule has 2 aliphatic rings. The summed E-state index contributed by atoms with van der Waals surface area (Å²) in [5.74, 6) is -1.59. The lowest BCUT2D eigenvalue weighted by atomic mass is 9.88. The number of ether oxygens (including phenoxy) is 3. The number of benzene rings is 2. The van der Waals surface area contributed by atoms with Gasteiger partial charge in [0, 0.05) is 49.2 Å². The van der Waals surface area contributed by atoms with E-state index in [2.05, 4.69) is 39.9 Å². The van der Waals surface area contributed by atoms with E-state index in [4.69, 9.17) is 19.9 Å². The van der Waals surface area contributed by atoms with Crippen molar-refractivity contribution in [1.82, 2.24) is 29.5 Å². The molecule has 12 nitrogen and oxygen atoms in total. The number of ketones is 1. The molecule has 0 saturated carbocycles. The van der Waals surface area contributed by atoms with Gasteiger partial charge in [-0.1, -0.05) is 6.07 Å². The first-order valence-corrected chi connectivity index (χ1v) is 19.2. The number of amides is 1. The number of hydrogen-bond acceptors (Lipinski definition) is 9. The predicted molar refractivity (Wildman–Crippen MR) is 209 cm³/mol. The molecule has 7 rings (SSSR count). The van der Waals surface area contributed by atoms with Crippen LogP contribution in [0, 0.1) is 18.6 Å². The topological polar surface area (TPSA) is 141 Å². The third-order valence-corrected chi connectivity index (χ3v) is 10.5. The average molecular weight is 770 g/mol. The van der Waals surface area contributed by atoms with E-state index in [9.17, 15) is 18.4 Å². The Hall–Kier alpha value is -5.50. The molecule has 3 aromatic heterocycles. The number of H-pyrrole nitrogens is 1. The van der Waals surface area contributed by atoms with Crippen LogP contribution in [0.25, 0.3) is 16.6 Å². The van der Waals surface area contributed by atoms with Crippen molar-refractivity contribution in [2.24, 2.45) is 0 Å². The van der Waals surface area contributed by atoms with Gasteiger partial charge in [-0.2, -0.15) is 5.10 Å². The molecular formula is C42H49F2N7O5. The maximum atomic E-state index is 14.2. The van der Waals surface area contributed by atoms with E-state index < -0.39 is 23.0 Å². The van der Waals surface area contributed by atoms with Crippen LogP contribution < -0.4 is 15.2 Å². The fourth-order valence-corrected chi connectivity index (χ4v) is 7.46. The molecule has 2 fully saturated rings. The van der Waals surface area contributed by atoms with Crippen molar-refractivity contribution in [3.05, 3.63) is 88.9 Å². The number of aryl methyl sites for hydroxylation is 1. The maximum absolute atomic E-state index is 14.2. The number of aromatic nitrogens is 4. The highest BCUT2D eigenvalue weighted by Crippen LogP contribution is 2.39. The Labute approximate surface area is 324 Å². The molecule has 5 aromatic rings. The number of anilines is 1. The van der Waals surface area contributed by atoms with Crippen molar-refractivity contribution in [3.8, 4) is 23.1 Å². The van der Waals surface area contributed by atoms with Gasteiger partial charge in [0.1, 0.15) is 23.3 Å². The average Bonchev–Trinajstić information content (AvgIpc) is 3.75. The number of carbonyl (C=O) groups is 2.